The fourth-order valence-corrected chi connectivity index (χ4v) is 2.61. The molecule has 0 aliphatic heterocycles. The molecule has 2 rings (SSSR count). The van der Waals surface area contributed by atoms with E-state index < -0.39 is 0 Å². The van der Waals surface area contributed by atoms with Crippen molar-refractivity contribution in [3.63, 3.8) is 0 Å². The lowest BCUT2D eigenvalue weighted by molar-refractivity contribution is 0.328. The Morgan fingerprint density at radius 2 is 2.00 bits per heavy atom. The minimum atomic E-state index is 0.551. The number of aryl methyl sites for hydroxylation is 1. The van der Waals surface area contributed by atoms with Crippen LogP contribution in [0, 0.1) is 12.8 Å². The van der Waals surface area contributed by atoms with E-state index in [1.807, 2.05) is 13.0 Å². The summed E-state index contributed by atoms with van der Waals surface area (Å²) in [5.41, 5.74) is 1.08. The molecule has 2 nitrogen and oxygen atoms in total. The van der Waals surface area contributed by atoms with Crippen molar-refractivity contribution in [2.24, 2.45) is 5.92 Å². The third kappa shape index (κ3) is 2.97. The Balaban J connectivity index is 1.93. The fraction of sp³-hybridized carbons (Fsp3) is 0.643. The summed E-state index contributed by atoms with van der Waals surface area (Å²) in [6, 6.07) is 6.72. The zero-order valence-electron chi connectivity index (χ0n) is 10.4. The first-order chi connectivity index (χ1) is 7.75. The van der Waals surface area contributed by atoms with Crippen molar-refractivity contribution in [3.05, 3.63) is 23.9 Å². The van der Waals surface area contributed by atoms with Crippen LogP contribution in [0.15, 0.2) is 18.2 Å². The second kappa shape index (κ2) is 5.33. The molecule has 1 atom stereocenters. The van der Waals surface area contributed by atoms with Crippen LogP contribution in [0.3, 0.4) is 0 Å². The van der Waals surface area contributed by atoms with Crippen LogP contribution in [-0.2, 0) is 0 Å². The van der Waals surface area contributed by atoms with E-state index >= 15 is 0 Å². The first-order valence-electron chi connectivity index (χ1n) is 6.46. The summed E-state index contributed by atoms with van der Waals surface area (Å²) >= 11 is 0. The molecular weight excluding hydrogens is 196 g/mol. The summed E-state index contributed by atoms with van der Waals surface area (Å²) in [5, 5.41) is 3.54. The molecule has 0 saturated heterocycles. The highest BCUT2D eigenvalue weighted by molar-refractivity contribution is 5.36. The van der Waals surface area contributed by atoms with Gasteiger partial charge in [0.1, 0.15) is 5.82 Å². The highest BCUT2D eigenvalue weighted by atomic mass is 15.0. The number of nitrogens with one attached hydrogen (secondary N) is 1. The second-order valence-electron chi connectivity index (χ2n) is 5.00. The smallest absolute Gasteiger partial charge is 0.126 e. The van der Waals surface area contributed by atoms with E-state index in [0.717, 1.165) is 17.4 Å². The van der Waals surface area contributed by atoms with Gasteiger partial charge in [0.2, 0.25) is 0 Å². The largest absolute Gasteiger partial charge is 0.367 e. The summed E-state index contributed by atoms with van der Waals surface area (Å²) in [7, 11) is 0. The van der Waals surface area contributed by atoms with Gasteiger partial charge in [-0.1, -0.05) is 25.3 Å². The fourth-order valence-electron chi connectivity index (χ4n) is 2.61. The Morgan fingerprint density at radius 1 is 1.25 bits per heavy atom. The van der Waals surface area contributed by atoms with Gasteiger partial charge in [-0.2, -0.15) is 0 Å². The number of nitrogens with zero attached hydrogens (tertiary/aromatic N) is 1. The van der Waals surface area contributed by atoms with Crippen molar-refractivity contribution in [2.45, 2.75) is 52.0 Å². The highest BCUT2D eigenvalue weighted by Crippen LogP contribution is 2.27. The van der Waals surface area contributed by atoms with E-state index in [1.54, 1.807) is 0 Å². The average molecular weight is 218 g/mol. The predicted octanol–water partition coefficient (Wildman–Crippen LogP) is 3.77. The molecule has 1 heterocycles. The standard InChI is InChI=1S/C14H22N2/c1-11-7-6-10-14(15-11)16-12(2)13-8-4-3-5-9-13/h6-7,10,12-13H,3-5,8-9H2,1-2H3,(H,15,16)/t12-/m0/s1. The molecule has 88 valence electrons. The molecule has 0 spiro atoms. The quantitative estimate of drug-likeness (QED) is 0.835. The second-order valence-corrected chi connectivity index (χ2v) is 5.00. The van der Waals surface area contributed by atoms with E-state index in [1.165, 1.54) is 32.1 Å². The van der Waals surface area contributed by atoms with Gasteiger partial charge in [0, 0.05) is 11.7 Å². The average Bonchev–Trinajstić information content (AvgIpc) is 2.30. The third-order valence-electron chi connectivity index (χ3n) is 3.62. The summed E-state index contributed by atoms with van der Waals surface area (Å²) in [4.78, 5) is 4.50. The third-order valence-corrected chi connectivity index (χ3v) is 3.62. The Hall–Kier alpha value is -1.05. The van der Waals surface area contributed by atoms with Gasteiger partial charge < -0.3 is 5.32 Å². The normalized spacial score (nSPS) is 19.4. The monoisotopic (exact) mass is 218 g/mol. The van der Waals surface area contributed by atoms with Gasteiger partial charge in [0.05, 0.1) is 0 Å². The summed E-state index contributed by atoms with van der Waals surface area (Å²) in [6.45, 7) is 4.33. The van der Waals surface area contributed by atoms with Crippen LogP contribution >= 0.6 is 0 Å². The number of aromatic nitrogens is 1. The topological polar surface area (TPSA) is 24.9 Å². The first-order valence-corrected chi connectivity index (χ1v) is 6.46. The van der Waals surface area contributed by atoms with Gasteiger partial charge in [-0.25, -0.2) is 4.98 Å². The van der Waals surface area contributed by atoms with E-state index in [4.69, 9.17) is 0 Å². The van der Waals surface area contributed by atoms with Crippen LogP contribution in [0.1, 0.15) is 44.7 Å². The summed E-state index contributed by atoms with van der Waals surface area (Å²) < 4.78 is 0. The molecule has 1 saturated carbocycles. The van der Waals surface area contributed by atoms with Crippen LogP contribution in [-0.4, -0.2) is 11.0 Å². The molecule has 1 aliphatic carbocycles. The van der Waals surface area contributed by atoms with E-state index in [9.17, 15) is 0 Å². The van der Waals surface area contributed by atoms with Crippen molar-refractivity contribution < 1.29 is 0 Å². The minimum Gasteiger partial charge on any atom is -0.367 e. The Labute approximate surface area is 98.5 Å². The number of hydrogen-bond acceptors (Lipinski definition) is 2. The van der Waals surface area contributed by atoms with E-state index in [0.29, 0.717) is 6.04 Å². The van der Waals surface area contributed by atoms with Gasteiger partial charge >= 0.3 is 0 Å². The number of rotatable bonds is 3. The number of anilines is 1. The van der Waals surface area contributed by atoms with Crippen LogP contribution in [0.4, 0.5) is 5.82 Å². The van der Waals surface area contributed by atoms with Crippen molar-refractivity contribution in [3.8, 4) is 0 Å². The molecule has 1 aliphatic rings. The zero-order valence-corrected chi connectivity index (χ0v) is 10.4. The van der Waals surface area contributed by atoms with E-state index in [2.05, 4.69) is 29.4 Å². The van der Waals surface area contributed by atoms with Crippen LogP contribution < -0.4 is 5.32 Å². The van der Waals surface area contributed by atoms with Gasteiger partial charge in [-0.15, -0.1) is 0 Å². The molecule has 0 amide bonds. The zero-order chi connectivity index (χ0) is 11.4. The van der Waals surface area contributed by atoms with Crippen LogP contribution in [0.25, 0.3) is 0 Å². The molecule has 0 unspecified atom stereocenters. The lowest BCUT2D eigenvalue weighted by Crippen LogP contribution is -2.28. The van der Waals surface area contributed by atoms with Gasteiger partial charge in [0.25, 0.3) is 0 Å². The van der Waals surface area contributed by atoms with Gasteiger partial charge in [0.15, 0.2) is 0 Å². The van der Waals surface area contributed by atoms with Crippen molar-refractivity contribution in [1.29, 1.82) is 0 Å². The van der Waals surface area contributed by atoms with Crippen molar-refractivity contribution in [1.82, 2.24) is 4.98 Å². The molecule has 1 N–H and O–H groups in total. The summed E-state index contributed by atoms with van der Waals surface area (Å²) in [5.74, 6) is 1.86. The maximum absolute atomic E-state index is 4.50. The molecule has 1 fully saturated rings. The first kappa shape index (κ1) is 11.4. The maximum atomic E-state index is 4.50. The van der Waals surface area contributed by atoms with Crippen molar-refractivity contribution in [2.75, 3.05) is 5.32 Å². The van der Waals surface area contributed by atoms with Crippen LogP contribution in [0.5, 0.6) is 0 Å². The molecular formula is C14H22N2. The summed E-state index contributed by atoms with van der Waals surface area (Å²) in [6.07, 6.45) is 6.97. The maximum Gasteiger partial charge on any atom is 0.126 e. The molecule has 0 bridgehead atoms. The Morgan fingerprint density at radius 3 is 2.69 bits per heavy atom. The molecule has 1 aromatic heterocycles. The number of hydrogen-bond donors (Lipinski definition) is 1. The number of pyridine rings is 1. The SMILES string of the molecule is Cc1cccc(N[C@@H](C)C2CCCCC2)n1. The van der Waals surface area contributed by atoms with Crippen LogP contribution in [0.2, 0.25) is 0 Å². The molecule has 1 aromatic rings. The molecule has 0 radical (unpaired) electrons. The van der Waals surface area contributed by atoms with Crippen molar-refractivity contribution >= 4 is 5.82 Å². The van der Waals surface area contributed by atoms with Gasteiger partial charge in [-0.05, 0) is 44.7 Å². The molecule has 16 heavy (non-hydrogen) atoms. The van der Waals surface area contributed by atoms with E-state index in [-0.39, 0.29) is 0 Å². The Kier molecular flexibility index (Phi) is 3.81. The Bertz CT molecular complexity index is 329. The highest BCUT2D eigenvalue weighted by Gasteiger charge is 2.19. The van der Waals surface area contributed by atoms with Gasteiger partial charge in [-0.3, -0.25) is 0 Å². The lowest BCUT2D eigenvalue weighted by Gasteiger charge is -2.28. The molecule has 0 aromatic carbocycles. The minimum absolute atomic E-state index is 0.551. The lowest BCUT2D eigenvalue weighted by atomic mass is 9.84. The molecule has 2 heteroatoms. The predicted molar refractivity (Wildman–Crippen MR) is 68.6 cm³/mol.